The van der Waals surface area contributed by atoms with Crippen LogP contribution in [-0.2, 0) is 0 Å². The lowest BCUT2D eigenvalue weighted by molar-refractivity contribution is 0.344. The third kappa shape index (κ3) is 2.16. The number of aryl methyl sites for hydroxylation is 1. The Morgan fingerprint density at radius 3 is 2.26 bits per heavy atom. The lowest BCUT2D eigenvalue weighted by atomic mass is 9.95. The summed E-state index contributed by atoms with van der Waals surface area (Å²) in [7, 11) is 4.29. The largest absolute Gasteiger partial charge is 0.361 e. The highest BCUT2D eigenvalue weighted by molar-refractivity contribution is 5.88. The highest BCUT2D eigenvalue weighted by atomic mass is 15.1. The normalized spacial score (nSPS) is 13.2. The third-order valence-corrected chi connectivity index (χ3v) is 4.65. The predicted octanol–water partition coefficient (Wildman–Crippen LogP) is 4.61. The smallest absolute Gasteiger partial charge is 0.0641 e. The molecule has 0 bridgehead atoms. The van der Waals surface area contributed by atoms with Gasteiger partial charge < -0.3 is 9.97 Å². The molecule has 2 N–H and O–H groups in total. The average Bonchev–Trinajstić information content (AvgIpc) is 3.10. The van der Waals surface area contributed by atoms with E-state index in [0.29, 0.717) is 0 Å². The molecule has 0 fully saturated rings. The van der Waals surface area contributed by atoms with Crippen LogP contribution in [0, 0.1) is 6.92 Å². The molecule has 2 aromatic heterocycles. The zero-order chi connectivity index (χ0) is 16.0. The fraction of sp³-hybridized carbons (Fsp3) is 0.200. The van der Waals surface area contributed by atoms with Gasteiger partial charge >= 0.3 is 0 Å². The number of H-pyrrole nitrogens is 2. The van der Waals surface area contributed by atoms with E-state index in [4.69, 9.17) is 0 Å². The quantitative estimate of drug-likeness (QED) is 0.569. The number of fused-ring (bicyclic) bond motifs is 2. The first-order valence-electron chi connectivity index (χ1n) is 7.96. The second-order valence-corrected chi connectivity index (χ2v) is 6.37. The monoisotopic (exact) mass is 303 g/mol. The maximum atomic E-state index is 3.54. The number of nitrogens with one attached hydrogen (secondary N) is 2. The number of nitrogens with zero attached hydrogens (tertiary/aromatic N) is 1. The van der Waals surface area contributed by atoms with Gasteiger partial charge in [0.2, 0.25) is 0 Å². The second kappa shape index (κ2) is 5.28. The molecule has 0 aliphatic rings. The Morgan fingerprint density at radius 1 is 0.870 bits per heavy atom. The molecule has 2 aromatic carbocycles. The van der Waals surface area contributed by atoms with Crippen LogP contribution in [0.25, 0.3) is 21.8 Å². The van der Waals surface area contributed by atoms with Crippen molar-refractivity contribution in [2.75, 3.05) is 14.1 Å². The molecular weight excluding hydrogens is 282 g/mol. The fourth-order valence-electron chi connectivity index (χ4n) is 3.66. The molecule has 4 rings (SSSR count). The number of benzene rings is 2. The second-order valence-electron chi connectivity index (χ2n) is 6.37. The van der Waals surface area contributed by atoms with Gasteiger partial charge in [-0.15, -0.1) is 0 Å². The molecule has 0 saturated carbocycles. The molecule has 0 saturated heterocycles. The van der Waals surface area contributed by atoms with Crippen molar-refractivity contribution in [3.05, 3.63) is 71.5 Å². The van der Waals surface area contributed by atoms with E-state index >= 15 is 0 Å². The van der Waals surface area contributed by atoms with Crippen LogP contribution in [0.2, 0.25) is 0 Å². The molecule has 0 amide bonds. The number of hydrogen-bond acceptors (Lipinski definition) is 1. The van der Waals surface area contributed by atoms with Crippen LogP contribution in [0.4, 0.5) is 0 Å². The Bertz CT molecular complexity index is 975. The van der Waals surface area contributed by atoms with Crippen LogP contribution < -0.4 is 0 Å². The molecular formula is C20H21N3. The van der Waals surface area contributed by atoms with Gasteiger partial charge in [0, 0.05) is 39.3 Å². The lowest BCUT2D eigenvalue weighted by Gasteiger charge is -2.25. The van der Waals surface area contributed by atoms with E-state index in [1.165, 1.54) is 38.6 Å². The summed E-state index contributed by atoms with van der Waals surface area (Å²) in [6, 6.07) is 17.3. The summed E-state index contributed by atoms with van der Waals surface area (Å²) in [4.78, 5) is 9.24. The van der Waals surface area contributed by atoms with Crippen LogP contribution in [0.5, 0.6) is 0 Å². The summed E-state index contributed by atoms with van der Waals surface area (Å²) in [6.07, 6.45) is 2.15. The molecule has 0 aliphatic carbocycles. The van der Waals surface area contributed by atoms with Gasteiger partial charge in [-0.1, -0.05) is 36.4 Å². The third-order valence-electron chi connectivity index (χ3n) is 4.65. The van der Waals surface area contributed by atoms with Crippen molar-refractivity contribution in [2.24, 2.45) is 0 Å². The molecule has 0 aliphatic heterocycles. The van der Waals surface area contributed by atoms with Gasteiger partial charge in [-0.2, -0.15) is 0 Å². The van der Waals surface area contributed by atoms with E-state index in [1.54, 1.807) is 0 Å². The van der Waals surface area contributed by atoms with Crippen LogP contribution in [0.15, 0.2) is 54.7 Å². The SMILES string of the molecule is Cc1[nH]c2ccccc2c1C(c1c[nH]c2ccccc12)N(C)C. The molecule has 23 heavy (non-hydrogen) atoms. The van der Waals surface area contributed by atoms with Gasteiger partial charge in [0.15, 0.2) is 0 Å². The van der Waals surface area contributed by atoms with Crippen molar-refractivity contribution >= 4 is 21.8 Å². The minimum atomic E-state index is 0.210. The topological polar surface area (TPSA) is 34.8 Å². The van der Waals surface area contributed by atoms with E-state index in [1.807, 2.05) is 0 Å². The van der Waals surface area contributed by atoms with E-state index in [9.17, 15) is 0 Å². The summed E-state index contributed by atoms with van der Waals surface area (Å²) >= 11 is 0. The van der Waals surface area contributed by atoms with E-state index in [2.05, 4.69) is 90.6 Å². The minimum absolute atomic E-state index is 0.210. The maximum Gasteiger partial charge on any atom is 0.0641 e. The molecule has 0 spiro atoms. The molecule has 3 nitrogen and oxygen atoms in total. The van der Waals surface area contributed by atoms with Gasteiger partial charge in [0.1, 0.15) is 0 Å². The van der Waals surface area contributed by atoms with Gasteiger partial charge in [-0.05, 0) is 38.7 Å². The van der Waals surface area contributed by atoms with Crippen molar-refractivity contribution in [1.82, 2.24) is 14.9 Å². The van der Waals surface area contributed by atoms with E-state index in [0.717, 1.165) is 0 Å². The Morgan fingerprint density at radius 2 is 1.52 bits per heavy atom. The van der Waals surface area contributed by atoms with Gasteiger partial charge in [0.25, 0.3) is 0 Å². The first kappa shape index (κ1) is 14.1. The number of aromatic amines is 2. The van der Waals surface area contributed by atoms with Gasteiger partial charge in [-0.3, -0.25) is 4.90 Å². The number of hydrogen-bond donors (Lipinski definition) is 2. The van der Waals surface area contributed by atoms with Crippen LogP contribution >= 0.6 is 0 Å². The lowest BCUT2D eigenvalue weighted by Crippen LogP contribution is -2.21. The van der Waals surface area contributed by atoms with Crippen LogP contribution in [0.3, 0.4) is 0 Å². The predicted molar refractivity (Wildman–Crippen MR) is 96.9 cm³/mol. The number of aromatic nitrogens is 2. The molecule has 116 valence electrons. The Balaban J connectivity index is 2.00. The number of para-hydroxylation sites is 2. The highest BCUT2D eigenvalue weighted by Crippen LogP contribution is 2.37. The van der Waals surface area contributed by atoms with Gasteiger partial charge in [0.05, 0.1) is 6.04 Å². The minimum Gasteiger partial charge on any atom is -0.361 e. The van der Waals surface area contributed by atoms with E-state index < -0.39 is 0 Å². The standard InChI is InChI=1S/C20H21N3/c1-13-19(15-9-5-7-11-18(15)22-13)20(23(2)3)16-12-21-17-10-6-4-8-14(16)17/h4-12,20-22H,1-3H3. The zero-order valence-electron chi connectivity index (χ0n) is 13.7. The first-order chi connectivity index (χ1) is 11.2. The highest BCUT2D eigenvalue weighted by Gasteiger charge is 2.24. The van der Waals surface area contributed by atoms with Crippen molar-refractivity contribution in [2.45, 2.75) is 13.0 Å². The maximum absolute atomic E-state index is 3.54. The first-order valence-corrected chi connectivity index (χ1v) is 7.96. The molecule has 2 heterocycles. The Hall–Kier alpha value is -2.52. The fourth-order valence-corrected chi connectivity index (χ4v) is 3.66. The summed E-state index contributed by atoms with van der Waals surface area (Å²) in [5.74, 6) is 0. The average molecular weight is 303 g/mol. The van der Waals surface area contributed by atoms with Gasteiger partial charge in [-0.25, -0.2) is 0 Å². The molecule has 1 unspecified atom stereocenters. The molecule has 1 atom stereocenters. The summed E-state index contributed by atoms with van der Waals surface area (Å²) in [5.41, 5.74) is 6.29. The van der Waals surface area contributed by atoms with Crippen molar-refractivity contribution < 1.29 is 0 Å². The number of rotatable bonds is 3. The van der Waals surface area contributed by atoms with Crippen molar-refractivity contribution in [1.29, 1.82) is 0 Å². The summed E-state index contributed by atoms with van der Waals surface area (Å²) in [6.45, 7) is 2.17. The van der Waals surface area contributed by atoms with Crippen LogP contribution in [-0.4, -0.2) is 29.0 Å². The van der Waals surface area contributed by atoms with Crippen LogP contribution in [0.1, 0.15) is 22.9 Å². The summed E-state index contributed by atoms with van der Waals surface area (Å²) < 4.78 is 0. The molecule has 3 heteroatoms. The van der Waals surface area contributed by atoms with Crippen molar-refractivity contribution in [3.8, 4) is 0 Å². The van der Waals surface area contributed by atoms with Crippen molar-refractivity contribution in [3.63, 3.8) is 0 Å². The molecule has 0 radical (unpaired) electrons. The molecule has 4 aromatic rings. The zero-order valence-corrected chi connectivity index (χ0v) is 13.7. The summed E-state index contributed by atoms with van der Waals surface area (Å²) in [5, 5.41) is 2.59. The Labute approximate surface area is 135 Å². The Kier molecular flexibility index (Phi) is 3.24. The van der Waals surface area contributed by atoms with E-state index in [-0.39, 0.29) is 6.04 Å².